The fourth-order valence-electron chi connectivity index (χ4n) is 4.09. The molecule has 0 radical (unpaired) electrons. The minimum atomic E-state index is -0.707. The first-order valence-corrected chi connectivity index (χ1v) is 10.7. The summed E-state index contributed by atoms with van der Waals surface area (Å²) >= 11 is 0. The Morgan fingerprint density at radius 2 is 2.10 bits per heavy atom. The number of amides is 2. The minimum Gasteiger partial charge on any atom is -0.358 e. The van der Waals surface area contributed by atoms with Crippen LogP contribution in [0.2, 0.25) is 0 Å². The molecule has 3 heterocycles. The first kappa shape index (κ1) is 21.0. The predicted octanol–water partition coefficient (Wildman–Crippen LogP) is 1.21. The van der Waals surface area contributed by atoms with Crippen LogP contribution < -0.4 is 25.8 Å². The Morgan fingerprint density at radius 3 is 2.90 bits per heavy atom. The van der Waals surface area contributed by atoms with Gasteiger partial charge in [0.1, 0.15) is 11.7 Å². The highest BCUT2D eigenvalue weighted by Crippen LogP contribution is 2.33. The molecule has 0 saturated carbocycles. The molecule has 2 aromatic rings. The Bertz CT molecular complexity index is 986. The van der Waals surface area contributed by atoms with Crippen LogP contribution in [0.4, 0.5) is 23.1 Å². The van der Waals surface area contributed by atoms with Crippen LogP contribution in [0.25, 0.3) is 0 Å². The summed E-state index contributed by atoms with van der Waals surface area (Å²) < 4.78 is 0. The lowest BCUT2D eigenvalue weighted by molar-refractivity contribution is -0.133. The van der Waals surface area contributed by atoms with Gasteiger partial charge in [-0.25, -0.2) is 4.98 Å². The summed E-state index contributed by atoms with van der Waals surface area (Å²) in [6, 6.07) is 5.83. The highest BCUT2D eigenvalue weighted by Gasteiger charge is 2.35. The van der Waals surface area contributed by atoms with Gasteiger partial charge in [-0.1, -0.05) is 0 Å². The van der Waals surface area contributed by atoms with Crippen molar-refractivity contribution in [1.82, 2.24) is 20.6 Å². The van der Waals surface area contributed by atoms with Crippen molar-refractivity contribution < 1.29 is 9.59 Å². The van der Waals surface area contributed by atoms with E-state index in [2.05, 4.69) is 25.8 Å². The van der Waals surface area contributed by atoms with Gasteiger partial charge in [-0.15, -0.1) is 0 Å². The minimum absolute atomic E-state index is 0.184. The van der Waals surface area contributed by atoms with E-state index in [1.165, 1.54) is 0 Å². The average Bonchev–Trinajstić information content (AvgIpc) is 3.07. The zero-order valence-corrected chi connectivity index (χ0v) is 18.2. The first-order chi connectivity index (χ1) is 15.0. The molecule has 2 aliphatic heterocycles. The van der Waals surface area contributed by atoms with Crippen molar-refractivity contribution in [2.75, 3.05) is 55.4 Å². The molecule has 4 rings (SSSR count). The number of aryl methyl sites for hydroxylation is 1. The van der Waals surface area contributed by atoms with Crippen molar-refractivity contribution in [2.24, 2.45) is 5.92 Å². The van der Waals surface area contributed by atoms with E-state index in [9.17, 15) is 9.59 Å². The van der Waals surface area contributed by atoms with Gasteiger partial charge in [0.2, 0.25) is 17.8 Å². The van der Waals surface area contributed by atoms with Crippen molar-refractivity contribution in [3.8, 4) is 0 Å². The molecule has 1 saturated heterocycles. The Kier molecular flexibility index (Phi) is 6.03. The number of anilines is 4. The summed E-state index contributed by atoms with van der Waals surface area (Å²) in [6.45, 7) is 5.71. The molecule has 1 atom stereocenters. The molecule has 1 aromatic heterocycles. The topological polar surface area (TPSA) is 102 Å². The Labute approximate surface area is 182 Å². The number of aromatic nitrogens is 2. The number of nitrogens with zero attached hydrogens (tertiary/aromatic N) is 4. The maximum atomic E-state index is 12.5. The fourth-order valence-corrected chi connectivity index (χ4v) is 4.09. The molecule has 2 amide bonds. The number of hydrogen-bond donors (Lipinski definition) is 3. The van der Waals surface area contributed by atoms with Crippen LogP contribution >= 0.6 is 0 Å². The van der Waals surface area contributed by atoms with E-state index in [0.29, 0.717) is 6.42 Å². The van der Waals surface area contributed by atoms with Gasteiger partial charge in [0.05, 0.1) is 0 Å². The van der Waals surface area contributed by atoms with Crippen LogP contribution in [-0.2, 0) is 16.0 Å². The molecule has 0 spiro atoms. The molecule has 1 fully saturated rings. The molecule has 164 valence electrons. The van der Waals surface area contributed by atoms with Gasteiger partial charge in [-0.05, 0) is 50.1 Å². The molecule has 0 aliphatic carbocycles. The third-order valence-electron chi connectivity index (χ3n) is 5.90. The highest BCUT2D eigenvalue weighted by atomic mass is 16.2. The molecular formula is C22H29N7O2. The molecular weight excluding hydrogens is 394 g/mol. The van der Waals surface area contributed by atoms with E-state index < -0.39 is 5.92 Å². The predicted molar refractivity (Wildman–Crippen MR) is 121 cm³/mol. The zero-order chi connectivity index (χ0) is 22.0. The van der Waals surface area contributed by atoms with Gasteiger partial charge in [0.15, 0.2) is 0 Å². The lowest BCUT2D eigenvalue weighted by Gasteiger charge is -2.31. The summed E-state index contributed by atoms with van der Waals surface area (Å²) in [5.41, 5.74) is 3.59. The van der Waals surface area contributed by atoms with Crippen molar-refractivity contribution in [3.63, 3.8) is 0 Å². The van der Waals surface area contributed by atoms with E-state index in [0.717, 1.165) is 66.9 Å². The number of rotatable bonds is 4. The van der Waals surface area contributed by atoms with Crippen molar-refractivity contribution in [1.29, 1.82) is 0 Å². The maximum absolute atomic E-state index is 12.5. The highest BCUT2D eigenvalue weighted by molar-refractivity contribution is 6.09. The standard InChI is InChI=1S/C22H29N7O2/c1-14-13-25-22(29-9-4-7-24-8-10-29)27-19(14)26-16-5-6-18-15(11-16)12-17(20(30)23-2)21(31)28(18)3/h5-6,11,13,17,24H,4,7-10,12H2,1-3H3,(H,23,30)(H,25,26,27). The largest absolute Gasteiger partial charge is 0.358 e. The van der Waals surface area contributed by atoms with E-state index in [-0.39, 0.29) is 11.8 Å². The number of fused-ring (bicyclic) bond motifs is 1. The second-order valence-corrected chi connectivity index (χ2v) is 8.03. The molecule has 9 heteroatoms. The van der Waals surface area contributed by atoms with Crippen LogP contribution in [-0.4, -0.2) is 62.1 Å². The van der Waals surface area contributed by atoms with Crippen LogP contribution in [0.15, 0.2) is 24.4 Å². The third kappa shape index (κ3) is 4.32. The van der Waals surface area contributed by atoms with E-state index >= 15 is 0 Å². The van der Waals surface area contributed by atoms with Gasteiger partial charge in [-0.2, -0.15) is 4.98 Å². The molecule has 31 heavy (non-hydrogen) atoms. The average molecular weight is 424 g/mol. The summed E-state index contributed by atoms with van der Waals surface area (Å²) in [5, 5.41) is 9.39. The summed E-state index contributed by atoms with van der Waals surface area (Å²) in [6.07, 6.45) is 3.28. The first-order valence-electron chi connectivity index (χ1n) is 10.7. The molecule has 1 aromatic carbocycles. The third-order valence-corrected chi connectivity index (χ3v) is 5.90. The molecule has 1 unspecified atom stereocenters. The van der Waals surface area contributed by atoms with E-state index in [4.69, 9.17) is 4.98 Å². The molecule has 2 aliphatic rings. The maximum Gasteiger partial charge on any atom is 0.239 e. The Balaban J connectivity index is 1.59. The number of carbonyl (C=O) groups is 2. The van der Waals surface area contributed by atoms with Crippen LogP contribution in [0, 0.1) is 12.8 Å². The number of benzene rings is 1. The van der Waals surface area contributed by atoms with Gasteiger partial charge in [0, 0.05) is 56.9 Å². The number of hydrogen-bond acceptors (Lipinski definition) is 7. The SMILES string of the molecule is CNC(=O)C1Cc2cc(Nc3nc(N4CCCNCC4)ncc3C)ccc2N(C)C1=O. The lowest BCUT2D eigenvalue weighted by atomic mass is 9.91. The van der Waals surface area contributed by atoms with Gasteiger partial charge in [0.25, 0.3) is 0 Å². The second-order valence-electron chi connectivity index (χ2n) is 8.03. The monoisotopic (exact) mass is 423 g/mol. The normalized spacial score (nSPS) is 18.9. The van der Waals surface area contributed by atoms with Gasteiger partial charge < -0.3 is 25.8 Å². The Hall–Kier alpha value is -3.20. The van der Waals surface area contributed by atoms with Crippen LogP contribution in [0.5, 0.6) is 0 Å². The van der Waals surface area contributed by atoms with Crippen molar-refractivity contribution in [2.45, 2.75) is 19.8 Å². The zero-order valence-electron chi connectivity index (χ0n) is 18.2. The van der Waals surface area contributed by atoms with Crippen molar-refractivity contribution in [3.05, 3.63) is 35.5 Å². The summed E-state index contributed by atoms with van der Waals surface area (Å²) in [5.74, 6) is 0.326. The molecule has 9 nitrogen and oxygen atoms in total. The smallest absolute Gasteiger partial charge is 0.239 e. The summed E-state index contributed by atoms with van der Waals surface area (Å²) in [4.78, 5) is 37.8. The van der Waals surface area contributed by atoms with Gasteiger partial charge >= 0.3 is 0 Å². The van der Waals surface area contributed by atoms with Crippen molar-refractivity contribution >= 4 is 35.0 Å². The van der Waals surface area contributed by atoms with Crippen LogP contribution in [0.1, 0.15) is 17.5 Å². The number of carbonyl (C=O) groups excluding carboxylic acids is 2. The molecule has 0 bridgehead atoms. The fraction of sp³-hybridized carbons (Fsp3) is 0.455. The Morgan fingerprint density at radius 1 is 1.26 bits per heavy atom. The summed E-state index contributed by atoms with van der Waals surface area (Å²) in [7, 11) is 3.26. The lowest BCUT2D eigenvalue weighted by Crippen LogP contribution is -2.45. The molecule has 3 N–H and O–H groups in total. The number of nitrogens with one attached hydrogen (secondary N) is 3. The van der Waals surface area contributed by atoms with E-state index in [1.807, 2.05) is 31.3 Å². The van der Waals surface area contributed by atoms with Gasteiger partial charge in [-0.3, -0.25) is 9.59 Å². The van der Waals surface area contributed by atoms with Crippen LogP contribution in [0.3, 0.4) is 0 Å². The quantitative estimate of drug-likeness (QED) is 0.635. The van der Waals surface area contributed by atoms with E-state index in [1.54, 1.807) is 19.0 Å². The second kappa shape index (κ2) is 8.89.